The molecule has 0 unspecified atom stereocenters. The molecule has 0 amide bonds. The highest BCUT2D eigenvalue weighted by Gasteiger charge is 2.26. The Bertz CT molecular complexity index is 1440. The first-order valence-electron chi connectivity index (χ1n) is 14.3. The Kier molecular flexibility index (Phi) is 13.3. The van der Waals surface area contributed by atoms with Gasteiger partial charge in [0.25, 0.3) is 0 Å². The minimum absolute atomic E-state index is 0.0899. The van der Waals surface area contributed by atoms with Crippen LogP contribution in [0.3, 0.4) is 0 Å². The van der Waals surface area contributed by atoms with Gasteiger partial charge in [-0.1, -0.05) is 12.1 Å². The van der Waals surface area contributed by atoms with E-state index in [2.05, 4.69) is 0 Å². The van der Waals surface area contributed by atoms with Crippen molar-refractivity contribution in [1.82, 2.24) is 0 Å². The summed E-state index contributed by atoms with van der Waals surface area (Å²) in [5, 5.41) is 0. The second kappa shape index (κ2) is 17.3. The van der Waals surface area contributed by atoms with Crippen LogP contribution in [0.5, 0.6) is 11.5 Å². The lowest BCUT2D eigenvalue weighted by molar-refractivity contribution is -0.138. The maximum Gasteiger partial charge on any atom is 0.389 e. The summed E-state index contributed by atoms with van der Waals surface area (Å²) in [6.07, 6.45) is 0.462. The molecular weight excluding hydrogens is 593 g/mol. The molecule has 0 atom stereocenters. The number of hydrogen-bond donors (Lipinski definition) is 2. The monoisotopic (exact) mass is 628 g/mol. The molecule has 0 saturated heterocycles. The molecule has 0 saturated carbocycles. The van der Waals surface area contributed by atoms with Gasteiger partial charge in [0.05, 0.1) is 30.9 Å². The number of hydrogen-bond acceptors (Lipinski definition) is 9. The van der Waals surface area contributed by atoms with E-state index in [-0.39, 0.29) is 43.1 Å². The van der Waals surface area contributed by atoms with Crippen molar-refractivity contribution in [3.8, 4) is 11.5 Å². The van der Waals surface area contributed by atoms with Crippen molar-refractivity contribution in [1.29, 1.82) is 0 Å². The second-order valence-electron chi connectivity index (χ2n) is 9.95. The molecule has 0 bridgehead atoms. The predicted octanol–water partition coefficient (Wildman–Crippen LogP) is 6.77. The van der Waals surface area contributed by atoms with Crippen LogP contribution in [0.15, 0.2) is 72.8 Å². The van der Waals surface area contributed by atoms with E-state index in [9.17, 15) is 27.6 Å². The summed E-state index contributed by atoms with van der Waals surface area (Å²) in [7, 11) is 0. The number of unbranched alkanes of at least 4 members (excludes halogenated alkanes) is 3. The van der Waals surface area contributed by atoms with Gasteiger partial charge >= 0.3 is 24.1 Å². The quantitative estimate of drug-likeness (QED) is 0.0578. The van der Waals surface area contributed by atoms with Crippen LogP contribution in [0.2, 0.25) is 0 Å². The van der Waals surface area contributed by atoms with E-state index in [0.717, 1.165) is 12.8 Å². The zero-order valence-corrected chi connectivity index (χ0v) is 24.5. The van der Waals surface area contributed by atoms with Crippen LogP contribution >= 0.6 is 0 Å². The molecule has 0 aliphatic rings. The number of nitrogens with two attached hydrogens (primary N) is 2. The van der Waals surface area contributed by atoms with Crippen molar-refractivity contribution in [3.05, 3.63) is 89.5 Å². The van der Waals surface area contributed by atoms with Crippen molar-refractivity contribution >= 4 is 35.4 Å². The Balaban J connectivity index is 1.28. The van der Waals surface area contributed by atoms with Gasteiger partial charge in [0.2, 0.25) is 0 Å². The summed E-state index contributed by atoms with van der Waals surface area (Å²) >= 11 is 0. The smallest absolute Gasteiger partial charge is 0.389 e. The number of nitrogen functional groups attached to an aromatic ring is 2. The Morgan fingerprint density at radius 3 is 2.02 bits per heavy atom. The zero-order chi connectivity index (χ0) is 32.7. The van der Waals surface area contributed by atoms with E-state index in [1.807, 2.05) is 0 Å². The maximum atomic E-state index is 12.4. The summed E-state index contributed by atoms with van der Waals surface area (Å²) in [4.78, 5) is 36.5. The summed E-state index contributed by atoms with van der Waals surface area (Å²) in [5.74, 6) is -0.992. The van der Waals surface area contributed by atoms with Crippen molar-refractivity contribution in [2.75, 3.05) is 31.3 Å². The Morgan fingerprint density at radius 1 is 0.711 bits per heavy atom. The highest BCUT2D eigenvalue weighted by atomic mass is 19.4. The SMILES string of the molecule is Nc1ccc(N)c(C(=O)OCCCCCCOC(=O)C=Cc2ccc(OC(=O)c3ccc(OCCCC(F)(F)F)cc3)cc2)c1. The number of alkyl halides is 3. The van der Waals surface area contributed by atoms with Gasteiger partial charge in [0, 0.05) is 23.9 Å². The lowest BCUT2D eigenvalue weighted by Gasteiger charge is -2.09. The van der Waals surface area contributed by atoms with Crippen molar-refractivity contribution < 1.29 is 46.5 Å². The highest BCUT2D eigenvalue weighted by Crippen LogP contribution is 2.22. The summed E-state index contributed by atoms with van der Waals surface area (Å²) in [6, 6.07) is 17.0. The van der Waals surface area contributed by atoms with Gasteiger partial charge in [0.15, 0.2) is 0 Å². The van der Waals surface area contributed by atoms with Crippen molar-refractivity contribution in [2.45, 2.75) is 44.7 Å². The molecule has 45 heavy (non-hydrogen) atoms. The number of carbonyl (C=O) groups excluding carboxylic acids is 3. The molecule has 0 aromatic heterocycles. The third-order valence-electron chi connectivity index (χ3n) is 6.28. The van der Waals surface area contributed by atoms with Crippen LogP contribution in [-0.2, 0) is 14.3 Å². The van der Waals surface area contributed by atoms with Crippen LogP contribution in [0, 0.1) is 0 Å². The number of ether oxygens (including phenoxy) is 4. The molecule has 3 rings (SSSR count). The molecule has 4 N–H and O–H groups in total. The molecule has 240 valence electrons. The Morgan fingerprint density at radius 2 is 1.36 bits per heavy atom. The standard InChI is InChI=1S/C33H35F3N2O7/c34-33(35,36)18-5-21-42-26-14-9-24(10-15-26)31(40)45-27-12-6-23(7-13-27)8-17-30(39)43-19-3-1-2-4-20-44-32(41)28-22-25(37)11-16-29(28)38/h6-17,22H,1-5,18-21,37-38H2. The van der Waals surface area contributed by atoms with Gasteiger partial charge in [-0.2, -0.15) is 13.2 Å². The zero-order valence-electron chi connectivity index (χ0n) is 24.5. The molecule has 0 fully saturated rings. The van der Waals surface area contributed by atoms with E-state index >= 15 is 0 Å². The molecule has 9 nitrogen and oxygen atoms in total. The van der Waals surface area contributed by atoms with Crippen LogP contribution in [-0.4, -0.2) is 43.9 Å². The third kappa shape index (κ3) is 13.0. The van der Waals surface area contributed by atoms with Gasteiger partial charge in [-0.25, -0.2) is 14.4 Å². The van der Waals surface area contributed by atoms with E-state index in [1.165, 1.54) is 36.4 Å². The summed E-state index contributed by atoms with van der Waals surface area (Å²) in [6.45, 7) is 0.408. The first-order chi connectivity index (χ1) is 21.5. The molecule has 3 aromatic carbocycles. The fourth-order valence-corrected chi connectivity index (χ4v) is 3.90. The number of halogens is 3. The lowest BCUT2D eigenvalue weighted by Crippen LogP contribution is -2.10. The fourth-order valence-electron chi connectivity index (χ4n) is 3.90. The normalized spacial score (nSPS) is 11.3. The first-order valence-corrected chi connectivity index (χ1v) is 14.3. The summed E-state index contributed by atoms with van der Waals surface area (Å²) < 4.78 is 57.7. The topological polar surface area (TPSA) is 140 Å². The largest absolute Gasteiger partial charge is 0.494 e. The van der Waals surface area contributed by atoms with Gasteiger partial charge in [-0.15, -0.1) is 0 Å². The molecule has 0 spiro atoms. The third-order valence-corrected chi connectivity index (χ3v) is 6.28. The second-order valence-corrected chi connectivity index (χ2v) is 9.95. The van der Waals surface area contributed by atoms with E-state index in [4.69, 9.17) is 30.4 Å². The fraction of sp³-hybridized carbons (Fsp3) is 0.303. The molecule has 0 aliphatic carbocycles. The highest BCUT2D eigenvalue weighted by molar-refractivity contribution is 5.96. The molecule has 12 heteroatoms. The van der Waals surface area contributed by atoms with E-state index in [1.54, 1.807) is 42.5 Å². The molecule has 0 heterocycles. The molecular formula is C33H35F3N2O7. The maximum absolute atomic E-state index is 12.4. The molecule has 3 aromatic rings. The van der Waals surface area contributed by atoms with Crippen LogP contribution in [0.1, 0.15) is 64.8 Å². The lowest BCUT2D eigenvalue weighted by atomic mass is 10.1. The van der Waals surface area contributed by atoms with Gasteiger partial charge in [0.1, 0.15) is 11.5 Å². The number of rotatable bonds is 16. The molecule has 0 radical (unpaired) electrons. The van der Waals surface area contributed by atoms with Gasteiger partial charge in [-0.05, 0) is 98.3 Å². The van der Waals surface area contributed by atoms with Crippen molar-refractivity contribution in [3.63, 3.8) is 0 Å². The summed E-state index contributed by atoms with van der Waals surface area (Å²) in [5.41, 5.74) is 13.4. The van der Waals surface area contributed by atoms with Gasteiger partial charge in [-0.3, -0.25) is 0 Å². The molecule has 0 aliphatic heterocycles. The number of benzene rings is 3. The number of carbonyl (C=O) groups is 3. The number of esters is 3. The predicted molar refractivity (Wildman–Crippen MR) is 163 cm³/mol. The van der Waals surface area contributed by atoms with Crippen LogP contribution in [0.4, 0.5) is 24.5 Å². The van der Waals surface area contributed by atoms with E-state index in [0.29, 0.717) is 35.5 Å². The van der Waals surface area contributed by atoms with Gasteiger partial charge < -0.3 is 30.4 Å². The van der Waals surface area contributed by atoms with Crippen LogP contribution in [0.25, 0.3) is 6.08 Å². The van der Waals surface area contributed by atoms with Crippen molar-refractivity contribution in [2.24, 2.45) is 0 Å². The minimum Gasteiger partial charge on any atom is -0.494 e. The van der Waals surface area contributed by atoms with Crippen LogP contribution < -0.4 is 20.9 Å². The first kappa shape index (κ1) is 34.5. The number of anilines is 2. The average Bonchev–Trinajstić information content (AvgIpc) is 3.01. The Hall–Kier alpha value is -5.00. The minimum atomic E-state index is -4.22. The average molecular weight is 629 g/mol. The van der Waals surface area contributed by atoms with E-state index < -0.39 is 30.5 Å². The Labute approximate surface area is 258 Å².